The Morgan fingerprint density at radius 1 is 1.12 bits per heavy atom. The van der Waals surface area contributed by atoms with Gasteiger partial charge in [0.15, 0.2) is 5.11 Å². The van der Waals surface area contributed by atoms with Crippen LogP contribution >= 0.6 is 12.2 Å². The second-order valence-electron chi connectivity index (χ2n) is 5.27. The fourth-order valence-corrected chi connectivity index (χ4v) is 2.63. The predicted molar refractivity (Wildman–Crippen MR) is 98.1 cm³/mol. The fraction of sp³-hybridized carbons (Fsp3) is 0.0556. The zero-order valence-corrected chi connectivity index (χ0v) is 14.0. The van der Waals surface area contributed by atoms with E-state index < -0.39 is 11.8 Å². The molecule has 1 aromatic heterocycles. The second-order valence-corrected chi connectivity index (χ2v) is 5.66. The lowest BCUT2D eigenvalue weighted by Gasteiger charge is -2.27. The summed E-state index contributed by atoms with van der Waals surface area (Å²) in [6.07, 6.45) is 7.99. The molecule has 3 rings (SSSR count). The van der Waals surface area contributed by atoms with Crippen LogP contribution in [0.5, 0.6) is 0 Å². The van der Waals surface area contributed by atoms with Gasteiger partial charge in [-0.1, -0.05) is 30.3 Å². The van der Waals surface area contributed by atoms with Crippen molar-refractivity contribution < 1.29 is 9.59 Å². The van der Waals surface area contributed by atoms with E-state index >= 15 is 0 Å². The van der Waals surface area contributed by atoms with Crippen molar-refractivity contribution in [1.82, 2.24) is 20.2 Å². The molecule has 1 aliphatic rings. The van der Waals surface area contributed by atoms with Crippen LogP contribution in [0.4, 0.5) is 0 Å². The molecule has 0 radical (unpaired) electrons. The lowest BCUT2D eigenvalue weighted by atomic mass is 10.0. The van der Waals surface area contributed by atoms with Gasteiger partial charge in [0.1, 0.15) is 11.9 Å². The van der Waals surface area contributed by atoms with Crippen molar-refractivity contribution in [2.75, 3.05) is 6.54 Å². The predicted octanol–water partition coefficient (Wildman–Crippen LogP) is 1.96. The van der Waals surface area contributed by atoms with Crippen molar-refractivity contribution in [2.45, 2.75) is 0 Å². The van der Waals surface area contributed by atoms with Crippen molar-refractivity contribution in [2.24, 2.45) is 0 Å². The molecule has 1 aliphatic heterocycles. The summed E-state index contributed by atoms with van der Waals surface area (Å²) in [5, 5.41) is 2.61. The Hall–Kier alpha value is -3.19. The molecule has 25 heavy (non-hydrogen) atoms. The van der Waals surface area contributed by atoms with Gasteiger partial charge in [-0.2, -0.15) is 0 Å². The van der Waals surface area contributed by atoms with E-state index in [4.69, 9.17) is 12.2 Å². The van der Waals surface area contributed by atoms with Crippen LogP contribution in [0.15, 0.2) is 61.2 Å². The molecule has 2 amide bonds. The molecule has 1 N–H and O–H groups in total. The monoisotopic (exact) mass is 350 g/mol. The minimum Gasteiger partial charge on any atom is -0.298 e. The quantitative estimate of drug-likeness (QED) is 0.395. The number of thiocarbonyl (C=S) groups is 1. The zero-order valence-electron chi connectivity index (χ0n) is 13.2. The first kappa shape index (κ1) is 16.7. The Morgan fingerprint density at radius 3 is 2.44 bits per heavy atom. The number of benzene rings is 1. The van der Waals surface area contributed by atoms with Crippen LogP contribution in [-0.4, -0.2) is 38.3 Å². The van der Waals surface area contributed by atoms with E-state index in [1.165, 1.54) is 11.2 Å². The van der Waals surface area contributed by atoms with Crippen molar-refractivity contribution in [3.63, 3.8) is 0 Å². The standard InChI is InChI=1S/C18H14N4O2S/c1-2-7-22-17(24)15(16(23)21-18(22)25)8-12-3-5-13(6-4-12)14-9-19-11-20-10-14/h2-6,8-11H,1,7H2,(H,21,23,25). The molecule has 124 valence electrons. The summed E-state index contributed by atoms with van der Waals surface area (Å²) < 4.78 is 0. The normalized spacial score (nSPS) is 16.1. The van der Waals surface area contributed by atoms with E-state index in [9.17, 15) is 9.59 Å². The second kappa shape index (κ2) is 7.14. The third-order valence-electron chi connectivity index (χ3n) is 3.61. The van der Waals surface area contributed by atoms with Crippen LogP contribution in [0, 0.1) is 0 Å². The molecule has 0 aliphatic carbocycles. The molecule has 0 bridgehead atoms. The summed E-state index contributed by atoms with van der Waals surface area (Å²) in [5.74, 6) is -0.940. The molecule has 2 aromatic rings. The fourth-order valence-electron chi connectivity index (χ4n) is 2.38. The molecule has 6 nitrogen and oxygen atoms in total. The maximum Gasteiger partial charge on any atom is 0.265 e. The molecular formula is C18H14N4O2S. The molecule has 1 saturated heterocycles. The first-order valence-corrected chi connectivity index (χ1v) is 7.86. The van der Waals surface area contributed by atoms with Crippen LogP contribution < -0.4 is 5.32 Å². The van der Waals surface area contributed by atoms with Gasteiger partial charge < -0.3 is 0 Å². The number of hydrogen-bond donors (Lipinski definition) is 1. The van der Waals surface area contributed by atoms with E-state index in [0.717, 1.165) is 16.7 Å². The number of carbonyl (C=O) groups is 2. The molecule has 1 aromatic carbocycles. The Bertz CT molecular complexity index is 876. The SMILES string of the molecule is C=CCN1C(=O)C(=Cc2ccc(-c3cncnc3)cc2)C(=O)NC1=S. The molecule has 0 spiro atoms. The van der Waals surface area contributed by atoms with Crippen molar-refractivity contribution in [3.05, 3.63) is 66.8 Å². The molecule has 2 heterocycles. The number of amides is 2. The number of nitrogens with one attached hydrogen (secondary N) is 1. The smallest absolute Gasteiger partial charge is 0.265 e. The van der Waals surface area contributed by atoms with E-state index in [2.05, 4.69) is 21.9 Å². The third kappa shape index (κ3) is 3.51. The van der Waals surface area contributed by atoms with Gasteiger partial charge in [-0.3, -0.25) is 19.8 Å². The van der Waals surface area contributed by atoms with Crippen LogP contribution in [0.1, 0.15) is 5.56 Å². The van der Waals surface area contributed by atoms with Gasteiger partial charge in [0.25, 0.3) is 11.8 Å². The van der Waals surface area contributed by atoms with E-state index in [0.29, 0.717) is 0 Å². The number of nitrogens with zero attached hydrogens (tertiary/aromatic N) is 3. The zero-order chi connectivity index (χ0) is 17.8. The maximum atomic E-state index is 12.5. The van der Waals surface area contributed by atoms with Gasteiger partial charge in [0.2, 0.25) is 0 Å². The van der Waals surface area contributed by atoms with E-state index in [1.54, 1.807) is 24.5 Å². The highest BCUT2D eigenvalue weighted by atomic mass is 32.1. The van der Waals surface area contributed by atoms with Gasteiger partial charge in [-0.05, 0) is 29.4 Å². The summed E-state index contributed by atoms with van der Waals surface area (Å²) >= 11 is 5.02. The van der Waals surface area contributed by atoms with Crippen LogP contribution in [-0.2, 0) is 9.59 Å². The van der Waals surface area contributed by atoms with E-state index in [-0.39, 0.29) is 17.2 Å². The minimum absolute atomic E-state index is 0.0336. The van der Waals surface area contributed by atoms with Crippen LogP contribution in [0.25, 0.3) is 17.2 Å². The first-order chi connectivity index (χ1) is 12.1. The van der Waals surface area contributed by atoms with E-state index in [1.807, 2.05) is 24.3 Å². The summed E-state index contributed by atoms with van der Waals surface area (Å²) in [7, 11) is 0. The number of aromatic nitrogens is 2. The minimum atomic E-state index is -0.504. The average Bonchev–Trinajstić information content (AvgIpc) is 2.63. The highest BCUT2D eigenvalue weighted by Crippen LogP contribution is 2.20. The van der Waals surface area contributed by atoms with Crippen LogP contribution in [0.3, 0.4) is 0 Å². The van der Waals surface area contributed by atoms with Crippen molar-refractivity contribution in [3.8, 4) is 11.1 Å². The van der Waals surface area contributed by atoms with Crippen molar-refractivity contribution >= 4 is 35.2 Å². The number of carbonyl (C=O) groups excluding carboxylic acids is 2. The Kier molecular flexibility index (Phi) is 4.76. The highest BCUT2D eigenvalue weighted by Gasteiger charge is 2.32. The molecule has 0 unspecified atom stereocenters. The molecule has 0 atom stereocenters. The summed E-state index contributed by atoms with van der Waals surface area (Å²) in [6.45, 7) is 3.83. The van der Waals surface area contributed by atoms with Gasteiger partial charge in [0, 0.05) is 24.5 Å². The lowest BCUT2D eigenvalue weighted by Crippen LogP contribution is -2.53. The Balaban J connectivity index is 1.88. The Morgan fingerprint density at radius 2 is 1.80 bits per heavy atom. The van der Waals surface area contributed by atoms with Crippen LogP contribution in [0.2, 0.25) is 0 Å². The van der Waals surface area contributed by atoms with Gasteiger partial charge >= 0.3 is 0 Å². The Labute approximate surface area is 149 Å². The average molecular weight is 350 g/mol. The first-order valence-electron chi connectivity index (χ1n) is 7.45. The van der Waals surface area contributed by atoms with Gasteiger partial charge in [0.05, 0.1) is 0 Å². The molecule has 0 saturated carbocycles. The topological polar surface area (TPSA) is 75.2 Å². The summed E-state index contributed by atoms with van der Waals surface area (Å²) in [4.78, 5) is 33.8. The molecule has 1 fully saturated rings. The summed E-state index contributed by atoms with van der Waals surface area (Å²) in [5.41, 5.74) is 2.59. The number of hydrogen-bond acceptors (Lipinski definition) is 5. The van der Waals surface area contributed by atoms with Gasteiger partial charge in [-0.25, -0.2) is 9.97 Å². The summed E-state index contributed by atoms with van der Waals surface area (Å²) in [6, 6.07) is 7.40. The largest absolute Gasteiger partial charge is 0.298 e. The number of rotatable bonds is 4. The molecule has 7 heteroatoms. The van der Waals surface area contributed by atoms with Crippen molar-refractivity contribution in [1.29, 1.82) is 0 Å². The lowest BCUT2D eigenvalue weighted by molar-refractivity contribution is -0.128. The van der Waals surface area contributed by atoms with Gasteiger partial charge in [-0.15, -0.1) is 6.58 Å². The maximum absolute atomic E-state index is 12.5. The highest BCUT2D eigenvalue weighted by molar-refractivity contribution is 7.80. The molecular weight excluding hydrogens is 336 g/mol. The third-order valence-corrected chi connectivity index (χ3v) is 3.94.